The van der Waals surface area contributed by atoms with Crippen LogP contribution in [0.3, 0.4) is 0 Å². The van der Waals surface area contributed by atoms with Gasteiger partial charge in [-0.2, -0.15) is 0 Å². The lowest BCUT2D eigenvalue weighted by molar-refractivity contribution is -0.0452. The van der Waals surface area contributed by atoms with Gasteiger partial charge in [0.1, 0.15) is 6.10 Å². The van der Waals surface area contributed by atoms with E-state index in [0.29, 0.717) is 19.8 Å². The van der Waals surface area contributed by atoms with Gasteiger partial charge >= 0.3 is 0 Å². The summed E-state index contributed by atoms with van der Waals surface area (Å²) in [7, 11) is 1.75. The Balaban J connectivity index is 1.43. The first-order valence-corrected chi connectivity index (χ1v) is 16.0. The van der Waals surface area contributed by atoms with E-state index in [1.54, 1.807) is 7.11 Å². The van der Waals surface area contributed by atoms with E-state index in [0.717, 1.165) is 25.4 Å². The van der Waals surface area contributed by atoms with E-state index in [9.17, 15) is 0 Å². The molecule has 0 aliphatic carbocycles. The van der Waals surface area contributed by atoms with Gasteiger partial charge in [-0.25, -0.2) is 0 Å². The predicted octanol–water partition coefficient (Wildman–Crippen LogP) is 9.08. The second-order valence-electron chi connectivity index (χ2n) is 10.6. The average Bonchev–Trinajstić information content (AvgIpc) is 3.32. The maximum Gasteiger partial charge on any atom is 0.104 e. The molecule has 1 aliphatic heterocycles. The summed E-state index contributed by atoms with van der Waals surface area (Å²) in [5.74, 6) is 1.03. The van der Waals surface area contributed by atoms with Crippen molar-refractivity contribution in [3.05, 3.63) is 46.5 Å². The molecular formula is C32H55NO3S. The van der Waals surface area contributed by atoms with Crippen LogP contribution in [0.2, 0.25) is 0 Å². The van der Waals surface area contributed by atoms with Crippen molar-refractivity contribution in [1.82, 2.24) is 4.90 Å². The Kier molecular flexibility index (Phi) is 19.0. The third-order valence-electron chi connectivity index (χ3n) is 7.15. The maximum absolute atomic E-state index is 6.03. The highest BCUT2D eigenvalue weighted by atomic mass is 32.2. The first kappa shape index (κ1) is 32.2. The van der Waals surface area contributed by atoms with E-state index in [1.165, 1.54) is 99.5 Å². The predicted molar refractivity (Wildman–Crippen MR) is 160 cm³/mol. The van der Waals surface area contributed by atoms with Crippen LogP contribution in [0.25, 0.3) is 0 Å². The second kappa shape index (κ2) is 21.9. The number of benzene rings is 1. The van der Waals surface area contributed by atoms with E-state index < -0.39 is 0 Å². The molecule has 2 rings (SSSR count). The molecule has 1 aromatic rings. The van der Waals surface area contributed by atoms with E-state index in [4.69, 9.17) is 14.2 Å². The van der Waals surface area contributed by atoms with Crippen LogP contribution in [0.15, 0.2) is 35.4 Å². The minimum atomic E-state index is -0.0145. The summed E-state index contributed by atoms with van der Waals surface area (Å²) in [5.41, 5.74) is 2.58. The maximum atomic E-state index is 6.03. The minimum absolute atomic E-state index is 0.0145. The normalized spacial score (nSPS) is 14.4. The van der Waals surface area contributed by atoms with Gasteiger partial charge in [0.15, 0.2) is 0 Å². The molecule has 0 N–H and O–H groups in total. The molecule has 1 unspecified atom stereocenters. The van der Waals surface area contributed by atoms with Crippen molar-refractivity contribution in [2.45, 2.75) is 123 Å². The number of rotatable bonds is 24. The van der Waals surface area contributed by atoms with Crippen LogP contribution >= 0.6 is 11.8 Å². The topological polar surface area (TPSA) is 30.9 Å². The van der Waals surface area contributed by atoms with Crippen molar-refractivity contribution in [1.29, 1.82) is 0 Å². The van der Waals surface area contributed by atoms with Gasteiger partial charge in [0.25, 0.3) is 0 Å². The lowest BCUT2D eigenvalue weighted by Crippen LogP contribution is -2.24. The summed E-state index contributed by atoms with van der Waals surface area (Å²) >= 11 is 1.90. The van der Waals surface area contributed by atoms with Crippen molar-refractivity contribution in [3.63, 3.8) is 0 Å². The van der Waals surface area contributed by atoms with E-state index in [2.05, 4.69) is 49.2 Å². The van der Waals surface area contributed by atoms with Crippen LogP contribution < -0.4 is 0 Å². The van der Waals surface area contributed by atoms with Crippen LogP contribution in [0.5, 0.6) is 0 Å². The lowest BCUT2D eigenvalue weighted by Gasteiger charge is -2.19. The number of hydrogen-bond acceptors (Lipinski definition) is 5. The molecule has 0 saturated heterocycles. The molecule has 0 aromatic heterocycles. The van der Waals surface area contributed by atoms with Gasteiger partial charge in [0.2, 0.25) is 0 Å². The van der Waals surface area contributed by atoms with Gasteiger partial charge < -0.3 is 19.1 Å². The van der Waals surface area contributed by atoms with Crippen LogP contribution in [-0.4, -0.2) is 43.8 Å². The molecule has 1 aromatic carbocycles. The van der Waals surface area contributed by atoms with Crippen molar-refractivity contribution >= 4 is 11.8 Å². The molecule has 1 heterocycles. The number of ether oxygens (including phenoxy) is 3. The van der Waals surface area contributed by atoms with Gasteiger partial charge in [-0.3, -0.25) is 0 Å². The number of unbranched alkanes of at least 4 members (excludes halogenated alkanes) is 13. The molecule has 0 amide bonds. The van der Waals surface area contributed by atoms with Crippen LogP contribution in [0.1, 0.15) is 115 Å². The van der Waals surface area contributed by atoms with Gasteiger partial charge in [-0.05, 0) is 29.4 Å². The summed E-state index contributed by atoms with van der Waals surface area (Å²) in [5, 5.41) is 0. The lowest BCUT2D eigenvalue weighted by atomic mass is 10.0. The zero-order valence-corrected chi connectivity index (χ0v) is 25.0. The van der Waals surface area contributed by atoms with Gasteiger partial charge in [-0.1, -0.05) is 115 Å². The number of hydrogen-bond donors (Lipinski definition) is 0. The van der Waals surface area contributed by atoms with Gasteiger partial charge in [-0.15, -0.1) is 11.8 Å². The molecule has 0 radical (unpaired) electrons. The first-order valence-electron chi connectivity index (χ1n) is 15.0. The molecule has 0 fully saturated rings. The Labute approximate surface area is 232 Å². The van der Waals surface area contributed by atoms with Crippen molar-refractivity contribution < 1.29 is 14.2 Å². The molecule has 1 aliphatic rings. The summed E-state index contributed by atoms with van der Waals surface area (Å²) < 4.78 is 17.5. The van der Waals surface area contributed by atoms with Gasteiger partial charge in [0, 0.05) is 26.5 Å². The van der Waals surface area contributed by atoms with Crippen LogP contribution in [0, 0.1) is 0 Å². The zero-order valence-electron chi connectivity index (χ0n) is 24.2. The average molecular weight is 534 g/mol. The summed E-state index contributed by atoms with van der Waals surface area (Å²) in [6, 6.07) is 8.58. The third-order valence-corrected chi connectivity index (χ3v) is 8.18. The van der Waals surface area contributed by atoms with E-state index in [1.807, 2.05) is 11.8 Å². The number of thioether (sulfide) groups is 1. The van der Waals surface area contributed by atoms with Crippen LogP contribution in [0.4, 0.5) is 0 Å². The Morgan fingerprint density at radius 1 is 0.784 bits per heavy atom. The van der Waals surface area contributed by atoms with E-state index >= 15 is 0 Å². The highest BCUT2D eigenvalue weighted by Crippen LogP contribution is 2.26. The Morgan fingerprint density at radius 2 is 1.35 bits per heavy atom. The first-order chi connectivity index (χ1) is 18.2. The largest absolute Gasteiger partial charge is 0.379 e. The quantitative estimate of drug-likeness (QED) is 0.124. The molecule has 37 heavy (non-hydrogen) atoms. The molecule has 0 bridgehead atoms. The number of allylic oxidation sites excluding steroid dienone is 1. The van der Waals surface area contributed by atoms with Crippen molar-refractivity contribution in [3.8, 4) is 0 Å². The third kappa shape index (κ3) is 15.9. The minimum Gasteiger partial charge on any atom is -0.379 e. The number of nitrogens with zero attached hydrogens (tertiary/aromatic N) is 1. The fourth-order valence-electron chi connectivity index (χ4n) is 4.78. The molecule has 4 nitrogen and oxygen atoms in total. The number of methoxy groups -OCH3 is 1. The fraction of sp³-hybridized carbons (Fsp3) is 0.750. The Hall–Kier alpha value is -1.01. The van der Waals surface area contributed by atoms with Crippen molar-refractivity contribution in [2.24, 2.45) is 0 Å². The second-order valence-corrected chi connectivity index (χ2v) is 11.8. The zero-order chi connectivity index (χ0) is 26.4. The van der Waals surface area contributed by atoms with Crippen molar-refractivity contribution in [2.75, 3.05) is 32.8 Å². The molecule has 1 atom stereocenters. The molecule has 5 heteroatoms. The monoisotopic (exact) mass is 533 g/mol. The summed E-state index contributed by atoms with van der Waals surface area (Å²) in [6.45, 7) is 7.98. The summed E-state index contributed by atoms with van der Waals surface area (Å²) in [6.07, 6.45) is 21.6. The molecular weight excluding hydrogens is 478 g/mol. The fourth-order valence-corrected chi connectivity index (χ4v) is 5.54. The molecule has 0 saturated carbocycles. The molecule has 212 valence electrons. The van der Waals surface area contributed by atoms with Crippen LogP contribution in [-0.2, 0) is 27.4 Å². The Bertz CT molecular complexity index is 711. The van der Waals surface area contributed by atoms with Gasteiger partial charge in [0.05, 0.1) is 25.7 Å². The smallest absolute Gasteiger partial charge is 0.104 e. The highest BCUT2D eigenvalue weighted by molar-refractivity contribution is 8.03. The molecule has 0 spiro atoms. The summed E-state index contributed by atoms with van der Waals surface area (Å²) in [4.78, 5) is 3.74. The Morgan fingerprint density at radius 3 is 1.92 bits per heavy atom. The highest BCUT2D eigenvalue weighted by Gasteiger charge is 2.13. The SMILES string of the molecule is CCCCCCCCCCCCCCCCOCC(COCc1ccccc1CN1C=C(C)SC1)OC. The van der Waals surface area contributed by atoms with E-state index in [-0.39, 0.29) is 6.10 Å². The standard InChI is InChI=1S/C32H55NO3S/c1-4-5-6-7-8-9-10-11-12-13-14-15-16-19-22-35-26-32(34-3)27-36-25-31-21-18-17-20-30(31)24-33-23-29(2)37-28-33/h17-18,20-21,23,32H,4-16,19,22,24-28H2,1-3H3.